The van der Waals surface area contributed by atoms with Crippen molar-refractivity contribution < 1.29 is 22.7 Å². The van der Waals surface area contributed by atoms with E-state index in [0.29, 0.717) is 43.2 Å². The van der Waals surface area contributed by atoms with Gasteiger partial charge >= 0.3 is 0 Å². The Balaban J connectivity index is 1.71. The predicted octanol–water partition coefficient (Wildman–Crippen LogP) is 3.44. The molecule has 2 aromatic rings. The summed E-state index contributed by atoms with van der Waals surface area (Å²) in [5, 5.41) is 2.87. The zero-order chi connectivity index (χ0) is 21.7. The van der Waals surface area contributed by atoms with Crippen LogP contribution in [0.2, 0.25) is 0 Å². The van der Waals surface area contributed by atoms with Gasteiger partial charge in [-0.3, -0.25) is 4.79 Å². The van der Waals surface area contributed by atoms with Crippen LogP contribution in [0.5, 0.6) is 11.5 Å². The number of nitrogens with zero attached hydrogens (tertiary/aromatic N) is 1. The molecule has 0 spiro atoms. The van der Waals surface area contributed by atoms with Crippen LogP contribution in [0.25, 0.3) is 0 Å². The summed E-state index contributed by atoms with van der Waals surface area (Å²) in [7, 11) is -2.10. The van der Waals surface area contributed by atoms with Crippen molar-refractivity contribution in [2.75, 3.05) is 32.1 Å². The SMILES string of the molecule is CCOc1ccc(S(=O)(=O)N2CCC[C@H](C(=O)Nc3ccc(OC)cc3)C2)cc1C. The summed E-state index contributed by atoms with van der Waals surface area (Å²) in [5.74, 6) is 0.794. The van der Waals surface area contributed by atoms with Gasteiger partial charge < -0.3 is 14.8 Å². The highest BCUT2D eigenvalue weighted by atomic mass is 32.2. The average molecular weight is 433 g/mol. The highest BCUT2D eigenvalue weighted by molar-refractivity contribution is 7.89. The van der Waals surface area contributed by atoms with Gasteiger partial charge in [0.1, 0.15) is 11.5 Å². The second-order valence-corrected chi connectivity index (χ2v) is 9.22. The molecular formula is C22H28N2O5S. The van der Waals surface area contributed by atoms with Crippen molar-refractivity contribution >= 4 is 21.6 Å². The maximum atomic E-state index is 13.1. The van der Waals surface area contributed by atoms with Crippen molar-refractivity contribution in [1.82, 2.24) is 4.31 Å². The van der Waals surface area contributed by atoms with E-state index in [-0.39, 0.29) is 17.3 Å². The number of piperidine rings is 1. The average Bonchev–Trinajstić information content (AvgIpc) is 2.76. The van der Waals surface area contributed by atoms with Gasteiger partial charge in [-0.2, -0.15) is 4.31 Å². The quantitative estimate of drug-likeness (QED) is 0.724. The summed E-state index contributed by atoms with van der Waals surface area (Å²) in [5.41, 5.74) is 1.42. The third-order valence-electron chi connectivity index (χ3n) is 5.20. The van der Waals surface area contributed by atoms with Crippen LogP contribution in [-0.2, 0) is 14.8 Å². The van der Waals surface area contributed by atoms with Crippen molar-refractivity contribution in [2.45, 2.75) is 31.6 Å². The number of rotatable bonds is 7. The Morgan fingerprint density at radius 1 is 1.20 bits per heavy atom. The molecule has 0 aromatic heterocycles. The van der Waals surface area contributed by atoms with Gasteiger partial charge in [0.15, 0.2) is 0 Å². The van der Waals surface area contributed by atoms with Crippen LogP contribution in [0.15, 0.2) is 47.4 Å². The van der Waals surface area contributed by atoms with Crippen LogP contribution >= 0.6 is 0 Å². The molecule has 1 saturated heterocycles. The van der Waals surface area contributed by atoms with Crippen molar-refractivity contribution in [1.29, 1.82) is 0 Å². The van der Waals surface area contributed by atoms with Crippen LogP contribution in [-0.4, -0.2) is 45.4 Å². The number of methoxy groups -OCH3 is 1. The molecule has 3 rings (SSSR count). The topological polar surface area (TPSA) is 84.9 Å². The van der Waals surface area contributed by atoms with E-state index < -0.39 is 15.9 Å². The molecule has 1 N–H and O–H groups in total. The summed E-state index contributed by atoms with van der Waals surface area (Å²) in [6, 6.07) is 11.9. The molecule has 162 valence electrons. The molecule has 1 amide bonds. The molecule has 1 aliphatic heterocycles. The van der Waals surface area contributed by atoms with Gasteiger partial charge in [0, 0.05) is 18.8 Å². The Labute approximate surface area is 178 Å². The highest BCUT2D eigenvalue weighted by Crippen LogP contribution is 2.28. The van der Waals surface area contributed by atoms with E-state index in [4.69, 9.17) is 9.47 Å². The van der Waals surface area contributed by atoms with E-state index in [0.717, 1.165) is 5.56 Å². The Bertz CT molecular complexity index is 989. The molecule has 0 unspecified atom stereocenters. The van der Waals surface area contributed by atoms with Crippen molar-refractivity contribution in [2.24, 2.45) is 5.92 Å². The van der Waals surface area contributed by atoms with E-state index in [1.54, 1.807) is 49.6 Å². The molecule has 0 saturated carbocycles. The second-order valence-electron chi connectivity index (χ2n) is 7.28. The first kappa shape index (κ1) is 22.1. The lowest BCUT2D eigenvalue weighted by Gasteiger charge is -2.31. The number of hydrogen-bond acceptors (Lipinski definition) is 5. The van der Waals surface area contributed by atoms with Gasteiger partial charge in [-0.25, -0.2) is 8.42 Å². The number of benzene rings is 2. The number of anilines is 1. The highest BCUT2D eigenvalue weighted by Gasteiger charge is 2.33. The Morgan fingerprint density at radius 3 is 2.57 bits per heavy atom. The molecule has 1 heterocycles. The molecule has 0 radical (unpaired) electrons. The monoisotopic (exact) mass is 432 g/mol. The summed E-state index contributed by atoms with van der Waals surface area (Å²) in [6.45, 7) is 4.79. The first-order valence-electron chi connectivity index (χ1n) is 10.0. The molecule has 30 heavy (non-hydrogen) atoms. The third-order valence-corrected chi connectivity index (χ3v) is 7.06. The smallest absolute Gasteiger partial charge is 0.243 e. The molecule has 1 fully saturated rings. The number of carbonyl (C=O) groups excluding carboxylic acids is 1. The molecule has 7 nitrogen and oxygen atoms in total. The summed E-state index contributed by atoms with van der Waals surface area (Å²) < 4.78 is 38.3. The minimum atomic E-state index is -3.68. The Morgan fingerprint density at radius 2 is 1.93 bits per heavy atom. The Kier molecular flexibility index (Phi) is 6.99. The number of carbonyl (C=O) groups is 1. The van der Waals surface area contributed by atoms with Gasteiger partial charge in [0.05, 0.1) is 24.5 Å². The van der Waals surface area contributed by atoms with E-state index in [1.165, 1.54) is 4.31 Å². The molecular weight excluding hydrogens is 404 g/mol. The number of hydrogen-bond donors (Lipinski definition) is 1. The molecule has 0 bridgehead atoms. The minimum Gasteiger partial charge on any atom is -0.497 e. The fourth-order valence-corrected chi connectivity index (χ4v) is 5.15. The van der Waals surface area contributed by atoms with Crippen LogP contribution in [0.1, 0.15) is 25.3 Å². The lowest BCUT2D eigenvalue weighted by Crippen LogP contribution is -2.43. The van der Waals surface area contributed by atoms with Crippen LogP contribution in [0, 0.1) is 12.8 Å². The summed E-state index contributed by atoms with van der Waals surface area (Å²) in [4.78, 5) is 12.9. The summed E-state index contributed by atoms with van der Waals surface area (Å²) in [6.07, 6.45) is 1.28. The first-order chi connectivity index (χ1) is 14.3. The van der Waals surface area contributed by atoms with Crippen molar-refractivity contribution in [3.8, 4) is 11.5 Å². The second kappa shape index (κ2) is 9.49. The largest absolute Gasteiger partial charge is 0.497 e. The minimum absolute atomic E-state index is 0.163. The van der Waals surface area contributed by atoms with Crippen molar-refractivity contribution in [3.63, 3.8) is 0 Å². The van der Waals surface area contributed by atoms with Crippen LogP contribution < -0.4 is 14.8 Å². The lowest BCUT2D eigenvalue weighted by molar-refractivity contribution is -0.120. The number of nitrogens with one attached hydrogen (secondary N) is 1. The molecule has 1 atom stereocenters. The van der Waals surface area contributed by atoms with Crippen molar-refractivity contribution in [3.05, 3.63) is 48.0 Å². The zero-order valence-corrected chi connectivity index (χ0v) is 18.4. The van der Waals surface area contributed by atoms with Gasteiger partial charge in [-0.1, -0.05) is 0 Å². The van der Waals surface area contributed by atoms with Gasteiger partial charge in [-0.15, -0.1) is 0 Å². The number of amides is 1. The molecule has 0 aliphatic carbocycles. The van der Waals surface area contributed by atoms with E-state index >= 15 is 0 Å². The number of sulfonamides is 1. The molecule has 1 aliphatic rings. The standard InChI is InChI=1S/C22H28N2O5S/c1-4-29-21-12-11-20(14-16(21)2)30(26,27)24-13-5-6-17(15-24)22(25)23-18-7-9-19(28-3)10-8-18/h7-12,14,17H,4-6,13,15H2,1-3H3,(H,23,25)/t17-/m0/s1. The third kappa shape index (κ3) is 4.94. The van der Waals surface area contributed by atoms with E-state index in [1.807, 2.05) is 13.8 Å². The number of ether oxygens (including phenoxy) is 2. The molecule has 2 aromatic carbocycles. The fraction of sp³-hybridized carbons (Fsp3) is 0.409. The summed E-state index contributed by atoms with van der Waals surface area (Å²) >= 11 is 0. The van der Waals surface area contributed by atoms with Crippen LogP contribution in [0.3, 0.4) is 0 Å². The van der Waals surface area contributed by atoms with Gasteiger partial charge in [0.2, 0.25) is 15.9 Å². The maximum Gasteiger partial charge on any atom is 0.243 e. The van der Waals surface area contributed by atoms with Gasteiger partial charge in [0.25, 0.3) is 0 Å². The lowest BCUT2D eigenvalue weighted by atomic mass is 9.99. The van der Waals surface area contributed by atoms with Gasteiger partial charge in [-0.05, 0) is 74.7 Å². The predicted molar refractivity (Wildman–Crippen MR) is 115 cm³/mol. The first-order valence-corrected chi connectivity index (χ1v) is 11.5. The maximum absolute atomic E-state index is 13.1. The number of aryl methyl sites for hydroxylation is 1. The normalized spacial score (nSPS) is 17.4. The van der Waals surface area contributed by atoms with Crippen LogP contribution in [0.4, 0.5) is 5.69 Å². The molecule has 8 heteroatoms. The van der Waals surface area contributed by atoms with E-state index in [9.17, 15) is 13.2 Å². The Hall–Kier alpha value is -2.58. The van der Waals surface area contributed by atoms with E-state index in [2.05, 4.69) is 5.32 Å². The zero-order valence-electron chi connectivity index (χ0n) is 17.6. The fourth-order valence-electron chi connectivity index (χ4n) is 3.54.